The van der Waals surface area contributed by atoms with Crippen LogP contribution in [0.5, 0.6) is 0 Å². The Morgan fingerprint density at radius 1 is 1.59 bits per heavy atom. The molecule has 4 N–H and O–H groups in total. The van der Waals surface area contributed by atoms with E-state index in [-0.39, 0.29) is 41.3 Å². The highest BCUT2D eigenvalue weighted by atomic mass is 32.2. The fourth-order valence-corrected chi connectivity index (χ4v) is 4.51. The lowest BCUT2D eigenvalue weighted by molar-refractivity contribution is -0.158. The van der Waals surface area contributed by atoms with Gasteiger partial charge in [0.25, 0.3) is 0 Å². The summed E-state index contributed by atoms with van der Waals surface area (Å²) in [6.45, 7) is 0.532. The topological polar surface area (TPSA) is 131 Å². The molecule has 0 saturated carbocycles. The van der Waals surface area contributed by atoms with E-state index in [2.05, 4.69) is 15.5 Å². The van der Waals surface area contributed by atoms with Gasteiger partial charge in [0.1, 0.15) is 17.9 Å². The third-order valence-corrected chi connectivity index (χ3v) is 5.70. The number of aliphatic carboxylic acids is 1. The van der Waals surface area contributed by atoms with Crippen LogP contribution in [0.25, 0.3) is 0 Å². The molecule has 1 amide bonds. The molecule has 0 spiro atoms. The standard InChI is InChI=1S/C11H11N5O4S2/c12-10-14-15-11(22-10)21-2-4-7(9(18)19)16-6-3(20-4)1-13-5(6)8(16)17/h3,5-6,13H,1-2H2,(H2,12,14)(H,18,19)/t3-,5+,6-/m1/s1. The van der Waals surface area contributed by atoms with Gasteiger partial charge in [0.2, 0.25) is 11.0 Å². The van der Waals surface area contributed by atoms with Crippen LogP contribution in [0, 0.1) is 0 Å². The predicted octanol–water partition coefficient (Wildman–Crippen LogP) is -0.910. The molecule has 3 atom stereocenters. The monoisotopic (exact) mass is 341 g/mol. The summed E-state index contributed by atoms with van der Waals surface area (Å²) in [5.41, 5.74) is 5.44. The first-order valence-electron chi connectivity index (χ1n) is 6.47. The van der Waals surface area contributed by atoms with Gasteiger partial charge >= 0.3 is 5.97 Å². The van der Waals surface area contributed by atoms with Gasteiger partial charge in [0, 0.05) is 6.54 Å². The minimum Gasteiger partial charge on any atom is -0.488 e. The number of carbonyl (C=O) groups is 2. The van der Waals surface area contributed by atoms with Crippen molar-refractivity contribution in [2.45, 2.75) is 22.5 Å². The van der Waals surface area contributed by atoms with Gasteiger partial charge in [-0.3, -0.25) is 9.69 Å². The molecule has 0 bridgehead atoms. The van der Waals surface area contributed by atoms with Gasteiger partial charge in [0.05, 0.1) is 11.8 Å². The van der Waals surface area contributed by atoms with E-state index in [1.165, 1.54) is 28.0 Å². The predicted molar refractivity (Wildman–Crippen MR) is 77.0 cm³/mol. The molecule has 0 aromatic carbocycles. The Morgan fingerprint density at radius 2 is 2.41 bits per heavy atom. The zero-order valence-corrected chi connectivity index (χ0v) is 12.7. The Bertz CT molecular complexity index is 704. The highest BCUT2D eigenvalue weighted by Gasteiger charge is 2.61. The number of β-lactam (4-membered cyclic amide) rings is 1. The van der Waals surface area contributed by atoms with Crippen LogP contribution < -0.4 is 11.1 Å². The molecule has 3 aliphatic heterocycles. The molecule has 2 saturated heterocycles. The van der Waals surface area contributed by atoms with E-state index < -0.39 is 5.97 Å². The quantitative estimate of drug-likeness (QED) is 0.470. The SMILES string of the molecule is Nc1nnc(SCC2=C(C(=O)O)N3C(=O)[C@H]4NC[C@@H](O2)[C@H]43)s1. The molecule has 0 aliphatic carbocycles. The van der Waals surface area contributed by atoms with Crippen LogP contribution in [-0.4, -0.2) is 62.6 Å². The maximum atomic E-state index is 12.1. The van der Waals surface area contributed by atoms with E-state index in [4.69, 9.17) is 10.5 Å². The van der Waals surface area contributed by atoms with E-state index in [1.807, 2.05) is 0 Å². The maximum Gasteiger partial charge on any atom is 0.356 e. The number of nitrogens with one attached hydrogen (secondary N) is 1. The number of carbonyl (C=O) groups excluding carboxylic acids is 1. The summed E-state index contributed by atoms with van der Waals surface area (Å²) >= 11 is 2.50. The Kier molecular flexibility index (Phi) is 3.03. The molecular formula is C11H11N5O4S2. The van der Waals surface area contributed by atoms with Crippen molar-refractivity contribution < 1.29 is 19.4 Å². The van der Waals surface area contributed by atoms with Crippen molar-refractivity contribution in [2.24, 2.45) is 0 Å². The van der Waals surface area contributed by atoms with Crippen molar-refractivity contribution in [1.29, 1.82) is 0 Å². The number of amides is 1. The Morgan fingerprint density at radius 3 is 3.09 bits per heavy atom. The van der Waals surface area contributed by atoms with Crippen LogP contribution in [0.3, 0.4) is 0 Å². The van der Waals surface area contributed by atoms with Crippen LogP contribution >= 0.6 is 23.1 Å². The number of aromatic nitrogens is 2. The smallest absolute Gasteiger partial charge is 0.356 e. The summed E-state index contributed by atoms with van der Waals surface area (Å²) in [7, 11) is 0. The highest BCUT2D eigenvalue weighted by molar-refractivity contribution is 8.01. The van der Waals surface area contributed by atoms with Crippen LogP contribution in [-0.2, 0) is 14.3 Å². The van der Waals surface area contributed by atoms with E-state index in [0.29, 0.717) is 16.0 Å². The van der Waals surface area contributed by atoms with Gasteiger partial charge in [-0.1, -0.05) is 23.1 Å². The number of carboxylic acid groups (broad SMARTS) is 1. The molecule has 3 aliphatic rings. The second kappa shape index (κ2) is 4.83. The van der Waals surface area contributed by atoms with Crippen molar-refractivity contribution in [3.8, 4) is 0 Å². The number of hydrogen-bond acceptors (Lipinski definition) is 9. The Labute approximate surface area is 132 Å². The van der Waals surface area contributed by atoms with Gasteiger partial charge in [-0.2, -0.15) is 0 Å². The number of thioether (sulfide) groups is 1. The Hall–Kier alpha value is -1.85. The van der Waals surface area contributed by atoms with E-state index in [1.54, 1.807) is 0 Å². The average Bonchev–Trinajstić information content (AvgIpc) is 3.07. The van der Waals surface area contributed by atoms with Crippen molar-refractivity contribution in [2.75, 3.05) is 18.0 Å². The number of nitrogens with zero attached hydrogens (tertiary/aromatic N) is 3. The van der Waals surface area contributed by atoms with E-state index in [9.17, 15) is 14.7 Å². The highest BCUT2D eigenvalue weighted by Crippen LogP contribution is 2.40. The first-order chi connectivity index (χ1) is 10.6. The number of nitrogen functional groups attached to an aromatic ring is 1. The summed E-state index contributed by atoms with van der Waals surface area (Å²) < 4.78 is 6.43. The van der Waals surface area contributed by atoms with Crippen molar-refractivity contribution in [1.82, 2.24) is 20.4 Å². The zero-order valence-electron chi connectivity index (χ0n) is 11.1. The number of rotatable bonds is 4. The summed E-state index contributed by atoms with van der Waals surface area (Å²) in [6.07, 6.45) is -0.208. The molecule has 4 heterocycles. The van der Waals surface area contributed by atoms with Gasteiger partial charge in [-0.05, 0) is 0 Å². The van der Waals surface area contributed by atoms with E-state index >= 15 is 0 Å². The van der Waals surface area contributed by atoms with Crippen LogP contribution in [0.1, 0.15) is 0 Å². The fraction of sp³-hybridized carbons (Fsp3) is 0.455. The molecule has 9 nitrogen and oxygen atoms in total. The third-order valence-electron chi connectivity index (χ3n) is 3.81. The number of nitrogens with two attached hydrogens (primary N) is 1. The first-order valence-corrected chi connectivity index (χ1v) is 8.28. The summed E-state index contributed by atoms with van der Waals surface area (Å²) in [4.78, 5) is 24.9. The third kappa shape index (κ3) is 1.89. The molecule has 22 heavy (non-hydrogen) atoms. The van der Waals surface area contributed by atoms with Crippen LogP contribution in [0.15, 0.2) is 15.8 Å². The summed E-state index contributed by atoms with van der Waals surface area (Å²) in [6, 6.07) is -0.541. The Balaban J connectivity index is 1.61. The first kappa shape index (κ1) is 13.8. The molecule has 2 fully saturated rings. The lowest BCUT2D eigenvalue weighted by Crippen LogP contribution is -2.69. The number of ether oxygens (including phenoxy) is 1. The number of carboxylic acids is 1. The lowest BCUT2D eigenvalue weighted by Gasteiger charge is -2.48. The van der Waals surface area contributed by atoms with Crippen LogP contribution in [0.2, 0.25) is 0 Å². The molecule has 1 aromatic heterocycles. The lowest BCUT2D eigenvalue weighted by atomic mass is 9.92. The van der Waals surface area contributed by atoms with Gasteiger partial charge in [-0.15, -0.1) is 10.2 Å². The second-order valence-electron chi connectivity index (χ2n) is 5.01. The fourth-order valence-electron chi connectivity index (χ4n) is 2.94. The summed E-state index contributed by atoms with van der Waals surface area (Å²) in [5, 5.41) is 20.4. The molecule has 0 radical (unpaired) electrons. The molecule has 11 heteroatoms. The largest absolute Gasteiger partial charge is 0.488 e. The minimum absolute atomic E-state index is 0.0730. The van der Waals surface area contributed by atoms with Crippen molar-refractivity contribution in [3.63, 3.8) is 0 Å². The van der Waals surface area contributed by atoms with Gasteiger partial charge in [-0.25, -0.2) is 4.79 Å². The minimum atomic E-state index is -1.16. The van der Waals surface area contributed by atoms with Gasteiger partial charge in [0.15, 0.2) is 10.0 Å². The molecule has 116 valence electrons. The maximum absolute atomic E-state index is 12.1. The average molecular weight is 341 g/mol. The number of hydrogen-bond donors (Lipinski definition) is 3. The number of anilines is 1. The van der Waals surface area contributed by atoms with E-state index in [0.717, 1.165) is 0 Å². The normalized spacial score (nSPS) is 29.2. The van der Waals surface area contributed by atoms with Crippen LogP contribution in [0.4, 0.5) is 5.13 Å². The molecular weight excluding hydrogens is 330 g/mol. The summed E-state index contributed by atoms with van der Waals surface area (Å²) in [5.74, 6) is -0.836. The van der Waals surface area contributed by atoms with Gasteiger partial charge < -0.3 is 20.9 Å². The van der Waals surface area contributed by atoms with Crippen molar-refractivity contribution in [3.05, 3.63) is 11.5 Å². The zero-order chi connectivity index (χ0) is 15.4. The second-order valence-corrected chi connectivity index (χ2v) is 7.24. The molecule has 4 rings (SSSR count). The molecule has 1 aromatic rings. The van der Waals surface area contributed by atoms with Crippen molar-refractivity contribution >= 4 is 40.1 Å². The molecule has 0 unspecified atom stereocenters.